The van der Waals surface area contributed by atoms with Crippen LogP contribution in [0.5, 0.6) is 0 Å². The molecule has 0 aromatic heterocycles. The summed E-state index contributed by atoms with van der Waals surface area (Å²) in [5.74, 6) is 1.41. The SMILES string of the molecule is Cc1cc(CN(CC(C)C)CC(C)C)ccc1N. The second-order valence-electron chi connectivity index (χ2n) is 6.17. The highest BCUT2D eigenvalue weighted by Crippen LogP contribution is 2.15. The van der Waals surface area contributed by atoms with Gasteiger partial charge in [0, 0.05) is 25.3 Å². The molecular weight excluding hydrogens is 220 g/mol. The topological polar surface area (TPSA) is 29.3 Å². The van der Waals surface area contributed by atoms with Crippen LogP contribution in [0.1, 0.15) is 38.8 Å². The first-order valence-electron chi connectivity index (χ1n) is 6.95. The van der Waals surface area contributed by atoms with Crippen molar-refractivity contribution in [3.63, 3.8) is 0 Å². The summed E-state index contributed by atoms with van der Waals surface area (Å²) < 4.78 is 0. The molecule has 1 aromatic rings. The summed E-state index contributed by atoms with van der Waals surface area (Å²) in [7, 11) is 0. The fourth-order valence-electron chi connectivity index (χ4n) is 2.33. The molecule has 0 atom stereocenters. The van der Waals surface area contributed by atoms with E-state index in [9.17, 15) is 0 Å². The number of anilines is 1. The average Bonchev–Trinajstić information content (AvgIpc) is 2.21. The molecule has 2 heteroatoms. The molecule has 0 radical (unpaired) electrons. The number of rotatable bonds is 6. The fourth-order valence-corrected chi connectivity index (χ4v) is 2.33. The van der Waals surface area contributed by atoms with E-state index in [1.165, 1.54) is 11.1 Å². The largest absolute Gasteiger partial charge is 0.399 e. The standard InChI is InChI=1S/C16H28N2/c1-12(2)9-18(10-13(3)4)11-15-6-7-16(17)14(5)8-15/h6-8,12-13H,9-11,17H2,1-5H3. The molecule has 2 nitrogen and oxygen atoms in total. The van der Waals surface area contributed by atoms with E-state index < -0.39 is 0 Å². The van der Waals surface area contributed by atoms with Crippen molar-refractivity contribution in [2.75, 3.05) is 18.8 Å². The molecule has 0 aliphatic heterocycles. The van der Waals surface area contributed by atoms with E-state index in [4.69, 9.17) is 5.73 Å². The highest BCUT2D eigenvalue weighted by molar-refractivity contribution is 5.47. The van der Waals surface area contributed by atoms with Gasteiger partial charge in [-0.2, -0.15) is 0 Å². The second-order valence-corrected chi connectivity index (χ2v) is 6.17. The maximum atomic E-state index is 5.87. The fraction of sp³-hybridized carbons (Fsp3) is 0.625. The Morgan fingerprint density at radius 2 is 1.61 bits per heavy atom. The van der Waals surface area contributed by atoms with Gasteiger partial charge in [0.2, 0.25) is 0 Å². The lowest BCUT2D eigenvalue weighted by atomic mass is 10.1. The Labute approximate surface area is 112 Å². The number of hydrogen-bond donors (Lipinski definition) is 1. The monoisotopic (exact) mass is 248 g/mol. The summed E-state index contributed by atoms with van der Waals surface area (Å²) in [6, 6.07) is 6.38. The van der Waals surface area contributed by atoms with Gasteiger partial charge < -0.3 is 5.73 Å². The zero-order chi connectivity index (χ0) is 13.7. The van der Waals surface area contributed by atoms with E-state index in [0.717, 1.165) is 25.3 Å². The predicted molar refractivity (Wildman–Crippen MR) is 80.5 cm³/mol. The zero-order valence-corrected chi connectivity index (χ0v) is 12.5. The number of benzene rings is 1. The number of nitrogen functional groups attached to an aromatic ring is 1. The maximum Gasteiger partial charge on any atom is 0.0343 e. The van der Waals surface area contributed by atoms with Crippen LogP contribution in [0.25, 0.3) is 0 Å². The quantitative estimate of drug-likeness (QED) is 0.778. The predicted octanol–water partition coefficient (Wildman–Crippen LogP) is 3.69. The summed E-state index contributed by atoms with van der Waals surface area (Å²) in [5, 5.41) is 0. The molecule has 1 rings (SSSR count). The smallest absolute Gasteiger partial charge is 0.0343 e. The molecule has 0 spiro atoms. The number of nitrogens with two attached hydrogens (primary N) is 1. The van der Waals surface area contributed by atoms with E-state index in [-0.39, 0.29) is 0 Å². The third-order valence-electron chi connectivity index (χ3n) is 2.99. The molecule has 2 N–H and O–H groups in total. The molecule has 0 fully saturated rings. The van der Waals surface area contributed by atoms with Crippen LogP contribution >= 0.6 is 0 Å². The van der Waals surface area contributed by atoms with Crippen molar-refractivity contribution in [1.29, 1.82) is 0 Å². The van der Waals surface area contributed by atoms with Gasteiger partial charge >= 0.3 is 0 Å². The Balaban J connectivity index is 2.71. The Kier molecular flexibility index (Phi) is 5.67. The molecule has 0 heterocycles. The Hall–Kier alpha value is -1.02. The minimum Gasteiger partial charge on any atom is -0.399 e. The van der Waals surface area contributed by atoms with E-state index in [0.29, 0.717) is 11.8 Å². The highest BCUT2D eigenvalue weighted by atomic mass is 15.1. The van der Waals surface area contributed by atoms with Crippen LogP contribution in [-0.2, 0) is 6.54 Å². The summed E-state index contributed by atoms with van der Waals surface area (Å²) in [4.78, 5) is 2.54. The van der Waals surface area contributed by atoms with Gasteiger partial charge in [-0.05, 0) is 36.0 Å². The van der Waals surface area contributed by atoms with Crippen molar-refractivity contribution in [3.05, 3.63) is 29.3 Å². The zero-order valence-electron chi connectivity index (χ0n) is 12.5. The summed E-state index contributed by atoms with van der Waals surface area (Å²) in [6.07, 6.45) is 0. The first-order valence-corrected chi connectivity index (χ1v) is 6.95. The third kappa shape index (κ3) is 5.09. The number of nitrogens with zero attached hydrogens (tertiary/aromatic N) is 1. The van der Waals surface area contributed by atoms with E-state index in [1.807, 2.05) is 6.07 Å². The molecule has 0 bridgehead atoms. The van der Waals surface area contributed by atoms with Crippen molar-refractivity contribution < 1.29 is 0 Å². The van der Waals surface area contributed by atoms with Crippen molar-refractivity contribution >= 4 is 5.69 Å². The molecule has 1 aromatic carbocycles. The van der Waals surface area contributed by atoms with Gasteiger partial charge in [0.1, 0.15) is 0 Å². The molecule has 0 saturated heterocycles. The molecular formula is C16H28N2. The van der Waals surface area contributed by atoms with Crippen LogP contribution in [0.4, 0.5) is 5.69 Å². The van der Waals surface area contributed by atoms with Crippen LogP contribution < -0.4 is 5.73 Å². The Bertz CT molecular complexity index is 359. The molecule has 18 heavy (non-hydrogen) atoms. The van der Waals surface area contributed by atoms with Gasteiger partial charge in [-0.1, -0.05) is 39.8 Å². The Morgan fingerprint density at radius 3 is 2.06 bits per heavy atom. The van der Waals surface area contributed by atoms with E-state index in [2.05, 4.69) is 51.7 Å². The van der Waals surface area contributed by atoms with Crippen LogP contribution in [0.3, 0.4) is 0 Å². The normalized spacial score (nSPS) is 11.8. The van der Waals surface area contributed by atoms with Gasteiger partial charge in [0.05, 0.1) is 0 Å². The summed E-state index contributed by atoms with van der Waals surface area (Å²) in [6.45, 7) is 14.5. The van der Waals surface area contributed by atoms with Crippen molar-refractivity contribution in [1.82, 2.24) is 4.90 Å². The number of aryl methyl sites for hydroxylation is 1. The van der Waals surface area contributed by atoms with Gasteiger partial charge in [0.25, 0.3) is 0 Å². The van der Waals surface area contributed by atoms with Crippen molar-refractivity contribution in [2.45, 2.75) is 41.2 Å². The molecule has 0 amide bonds. The van der Waals surface area contributed by atoms with Crippen LogP contribution in [0, 0.1) is 18.8 Å². The second kappa shape index (κ2) is 6.79. The van der Waals surface area contributed by atoms with Gasteiger partial charge in [-0.3, -0.25) is 4.90 Å². The van der Waals surface area contributed by atoms with Gasteiger partial charge in [-0.25, -0.2) is 0 Å². The van der Waals surface area contributed by atoms with Gasteiger partial charge in [-0.15, -0.1) is 0 Å². The minimum absolute atomic E-state index is 0.707. The lowest BCUT2D eigenvalue weighted by Crippen LogP contribution is -2.30. The van der Waals surface area contributed by atoms with Crippen LogP contribution in [0.15, 0.2) is 18.2 Å². The van der Waals surface area contributed by atoms with E-state index >= 15 is 0 Å². The highest BCUT2D eigenvalue weighted by Gasteiger charge is 2.10. The molecule has 0 saturated carbocycles. The van der Waals surface area contributed by atoms with Crippen LogP contribution in [0.2, 0.25) is 0 Å². The first-order chi connectivity index (χ1) is 8.38. The average molecular weight is 248 g/mol. The van der Waals surface area contributed by atoms with Gasteiger partial charge in [0.15, 0.2) is 0 Å². The van der Waals surface area contributed by atoms with Crippen molar-refractivity contribution in [3.8, 4) is 0 Å². The molecule has 0 unspecified atom stereocenters. The lowest BCUT2D eigenvalue weighted by Gasteiger charge is -2.26. The molecule has 102 valence electrons. The molecule has 0 aliphatic carbocycles. The Morgan fingerprint density at radius 1 is 1.06 bits per heavy atom. The maximum absolute atomic E-state index is 5.87. The van der Waals surface area contributed by atoms with Crippen molar-refractivity contribution in [2.24, 2.45) is 11.8 Å². The first kappa shape index (κ1) is 15.0. The lowest BCUT2D eigenvalue weighted by molar-refractivity contribution is 0.211. The summed E-state index contributed by atoms with van der Waals surface area (Å²) in [5.41, 5.74) is 9.30. The number of hydrogen-bond acceptors (Lipinski definition) is 2. The van der Waals surface area contributed by atoms with E-state index in [1.54, 1.807) is 0 Å². The molecule has 0 aliphatic rings. The minimum atomic E-state index is 0.707. The summed E-state index contributed by atoms with van der Waals surface area (Å²) >= 11 is 0. The third-order valence-corrected chi connectivity index (χ3v) is 2.99. The van der Waals surface area contributed by atoms with Crippen LogP contribution in [-0.4, -0.2) is 18.0 Å².